The number of hydrogen-bond donors (Lipinski definition) is 0. The van der Waals surface area contributed by atoms with Gasteiger partial charge in [-0.15, -0.1) is 0 Å². The van der Waals surface area contributed by atoms with Gasteiger partial charge >= 0.3 is 5.97 Å². The van der Waals surface area contributed by atoms with Crippen LogP contribution in [0.4, 0.5) is 0 Å². The molecule has 0 spiro atoms. The van der Waals surface area contributed by atoms with Gasteiger partial charge in [0.15, 0.2) is 0 Å². The molecule has 0 saturated carbocycles. The normalized spacial score (nSPS) is 11.1. The monoisotopic (exact) mass is 432 g/mol. The summed E-state index contributed by atoms with van der Waals surface area (Å²) in [5.41, 5.74) is 4.94. The van der Waals surface area contributed by atoms with Crippen LogP contribution in [0.5, 0.6) is 11.5 Å². The number of rotatable bonds is 9. The number of esters is 1. The molecule has 0 aromatic heterocycles. The first-order chi connectivity index (χ1) is 15.5. The zero-order valence-electron chi connectivity index (χ0n) is 18.9. The first kappa shape index (κ1) is 22.9. The maximum atomic E-state index is 12.2. The van der Waals surface area contributed by atoms with Crippen LogP contribution in [0.3, 0.4) is 0 Å². The average molecular weight is 433 g/mol. The van der Waals surface area contributed by atoms with Gasteiger partial charge in [-0.2, -0.15) is 0 Å². The Morgan fingerprint density at radius 1 is 0.844 bits per heavy atom. The van der Waals surface area contributed by atoms with Crippen LogP contribution in [0.1, 0.15) is 27.8 Å². The summed E-state index contributed by atoms with van der Waals surface area (Å²) in [6.45, 7) is 4.74. The summed E-state index contributed by atoms with van der Waals surface area (Å²) >= 11 is 0. The fourth-order valence-corrected chi connectivity index (χ4v) is 3.34. The Morgan fingerprint density at radius 3 is 2.12 bits per heavy atom. The lowest BCUT2D eigenvalue weighted by Crippen LogP contribution is -2.08. The molecule has 0 N–H and O–H groups in total. The molecule has 0 aliphatic carbocycles. The maximum Gasteiger partial charge on any atom is 0.341 e. The lowest BCUT2D eigenvalue weighted by atomic mass is 10.0. The summed E-state index contributed by atoms with van der Waals surface area (Å²) in [4.78, 5) is 12.2. The van der Waals surface area contributed by atoms with E-state index in [1.165, 1.54) is 20.5 Å². The van der Waals surface area contributed by atoms with Gasteiger partial charge in [0, 0.05) is 5.56 Å². The average Bonchev–Trinajstić information content (AvgIpc) is 2.82. The Morgan fingerprint density at radius 2 is 1.47 bits per heavy atom. The first-order valence-electron chi connectivity index (χ1n) is 10.3. The molecule has 0 atom stereocenters. The van der Waals surface area contributed by atoms with Crippen molar-refractivity contribution in [2.45, 2.75) is 27.1 Å². The number of methoxy groups -OCH3 is 2. The Labute approximate surface area is 189 Å². The molecule has 0 saturated heterocycles. The molecule has 0 radical (unpaired) electrons. The van der Waals surface area contributed by atoms with E-state index in [2.05, 4.69) is 0 Å². The third-order valence-electron chi connectivity index (χ3n) is 5.03. The van der Waals surface area contributed by atoms with E-state index in [-0.39, 0.29) is 6.61 Å². The van der Waals surface area contributed by atoms with Crippen molar-refractivity contribution >= 4 is 11.5 Å². The van der Waals surface area contributed by atoms with Crippen LogP contribution in [0.15, 0.2) is 73.0 Å². The van der Waals surface area contributed by atoms with Gasteiger partial charge in [-0.1, -0.05) is 54.6 Å². The second kappa shape index (κ2) is 11.0. The molecular formula is C27H28O5. The standard InChI is InChI=1S/C27H28O5/c1-19-14-25(31-16-21-10-6-5-7-11-21)20(2)26(15-19)32-17-22-12-8-9-13-23(22)24(18-29-3)27(28)30-4/h5-15,18H,16-17H2,1-4H3/b24-18+. The number of aryl methyl sites for hydroxylation is 1. The number of carbonyl (C=O) groups excluding carboxylic acids is 1. The highest BCUT2D eigenvalue weighted by atomic mass is 16.5. The van der Waals surface area contributed by atoms with Crippen molar-refractivity contribution in [3.8, 4) is 11.5 Å². The number of ether oxygens (including phenoxy) is 4. The maximum absolute atomic E-state index is 12.2. The molecular weight excluding hydrogens is 404 g/mol. The molecule has 166 valence electrons. The quantitative estimate of drug-likeness (QED) is 0.249. The van der Waals surface area contributed by atoms with Crippen LogP contribution in [-0.2, 0) is 27.5 Å². The van der Waals surface area contributed by atoms with Gasteiger partial charge in [0.25, 0.3) is 0 Å². The van der Waals surface area contributed by atoms with Crippen molar-refractivity contribution in [3.05, 3.63) is 101 Å². The van der Waals surface area contributed by atoms with E-state index in [1.807, 2.05) is 80.6 Å². The molecule has 5 nitrogen and oxygen atoms in total. The SMILES string of the molecule is CO/C=C(/C(=O)OC)c1ccccc1COc1cc(C)cc(OCc2ccccc2)c1C. The van der Waals surface area contributed by atoms with Crippen LogP contribution in [-0.4, -0.2) is 20.2 Å². The van der Waals surface area contributed by atoms with E-state index in [4.69, 9.17) is 18.9 Å². The lowest BCUT2D eigenvalue weighted by Gasteiger charge is -2.17. The molecule has 5 heteroatoms. The predicted molar refractivity (Wildman–Crippen MR) is 124 cm³/mol. The predicted octanol–water partition coefficient (Wildman–Crippen LogP) is 5.62. The minimum Gasteiger partial charge on any atom is -0.503 e. The topological polar surface area (TPSA) is 54.0 Å². The first-order valence-corrected chi connectivity index (χ1v) is 10.3. The molecule has 0 fully saturated rings. The fraction of sp³-hybridized carbons (Fsp3) is 0.222. The molecule has 0 aliphatic heterocycles. The molecule has 32 heavy (non-hydrogen) atoms. The highest BCUT2D eigenvalue weighted by Gasteiger charge is 2.17. The van der Waals surface area contributed by atoms with Crippen LogP contribution in [0, 0.1) is 13.8 Å². The molecule has 0 bridgehead atoms. The highest BCUT2D eigenvalue weighted by molar-refractivity contribution is 6.16. The van der Waals surface area contributed by atoms with Crippen molar-refractivity contribution < 1.29 is 23.7 Å². The highest BCUT2D eigenvalue weighted by Crippen LogP contribution is 2.31. The number of hydrogen-bond acceptors (Lipinski definition) is 5. The van der Waals surface area contributed by atoms with E-state index >= 15 is 0 Å². The van der Waals surface area contributed by atoms with Crippen molar-refractivity contribution in [1.82, 2.24) is 0 Å². The van der Waals surface area contributed by atoms with Crippen molar-refractivity contribution in [1.29, 1.82) is 0 Å². The van der Waals surface area contributed by atoms with Crippen LogP contribution in [0.25, 0.3) is 5.57 Å². The summed E-state index contributed by atoms with van der Waals surface area (Å²) in [5.74, 6) is 1.05. The summed E-state index contributed by atoms with van der Waals surface area (Å²) in [6.07, 6.45) is 1.39. The summed E-state index contributed by atoms with van der Waals surface area (Å²) in [6, 6.07) is 21.6. The zero-order chi connectivity index (χ0) is 22.9. The third kappa shape index (κ3) is 5.70. The number of benzene rings is 3. The van der Waals surface area contributed by atoms with Gasteiger partial charge in [-0.25, -0.2) is 4.79 Å². The molecule has 3 aromatic carbocycles. The van der Waals surface area contributed by atoms with Gasteiger partial charge in [-0.3, -0.25) is 0 Å². The van der Waals surface area contributed by atoms with Gasteiger partial charge in [-0.05, 0) is 48.2 Å². The second-order valence-electron chi connectivity index (χ2n) is 7.37. The molecule has 3 rings (SSSR count). The Bertz CT molecular complexity index is 1090. The minimum atomic E-state index is -0.470. The van der Waals surface area contributed by atoms with E-state index in [0.29, 0.717) is 17.7 Å². The largest absolute Gasteiger partial charge is 0.503 e. The smallest absolute Gasteiger partial charge is 0.341 e. The molecule has 3 aromatic rings. The van der Waals surface area contributed by atoms with Crippen LogP contribution >= 0.6 is 0 Å². The van der Waals surface area contributed by atoms with Crippen molar-refractivity contribution in [3.63, 3.8) is 0 Å². The summed E-state index contributed by atoms with van der Waals surface area (Å²) < 4.78 is 22.2. The second-order valence-corrected chi connectivity index (χ2v) is 7.37. The third-order valence-corrected chi connectivity index (χ3v) is 5.03. The van der Waals surface area contributed by atoms with Crippen molar-refractivity contribution in [2.24, 2.45) is 0 Å². The molecule has 0 amide bonds. The Kier molecular flexibility index (Phi) is 7.92. The lowest BCUT2D eigenvalue weighted by molar-refractivity contribution is -0.133. The van der Waals surface area contributed by atoms with Gasteiger partial charge in [0.1, 0.15) is 30.3 Å². The Balaban J connectivity index is 1.81. The molecule has 0 aliphatic rings. The Hall–Kier alpha value is -3.73. The van der Waals surface area contributed by atoms with Crippen LogP contribution < -0.4 is 9.47 Å². The molecule has 0 unspecified atom stereocenters. The van der Waals surface area contributed by atoms with Crippen molar-refractivity contribution in [2.75, 3.05) is 14.2 Å². The van der Waals surface area contributed by atoms with E-state index in [9.17, 15) is 4.79 Å². The zero-order valence-corrected chi connectivity index (χ0v) is 18.9. The van der Waals surface area contributed by atoms with E-state index in [1.54, 1.807) is 0 Å². The van der Waals surface area contributed by atoms with E-state index in [0.717, 1.165) is 33.8 Å². The summed E-state index contributed by atoms with van der Waals surface area (Å²) in [5, 5.41) is 0. The van der Waals surface area contributed by atoms with Gasteiger partial charge in [0.2, 0.25) is 0 Å². The number of carbonyl (C=O) groups is 1. The van der Waals surface area contributed by atoms with Gasteiger partial charge in [0.05, 0.1) is 20.5 Å². The minimum absolute atomic E-state index is 0.274. The van der Waals surface area contributed by atoms with E-state index < -0.39 is 5.97 Å². The van der Waals surface area contributed by atoms with Crippen LogP contribution in [0.2, 0.25) is 0 Å². The fourth-order valence-electron chi connectivity index (χ4n) is 3.34. The van der Waals surface area contributed by atoms with Gasteiger partial charge < -0.3 is 18.9 Å². The summed E-state index contributed by atoms with van der Waals surface area (Å²) in [7, 11) is 2.84. The molecule has 0 heterocycles.